The molecule has 2 N–H and O–H groups in total. The Morgan fingerprint density at radius 2 is 2.15 bits per heavy atom. The zero-order valence-corrected chi connectivity index (χ0v) is 20.9. The van der Waals surface area contributed by atoms with Gasteiger partial charge in [-0.2, -0.15) is 5.10 Å². The molecule has 8 heteroatoms. The van der Waals surface area contributed by atoms with E-state index in [-0.39, 0.29) is 0 Å². The third-order valence-electron chi connectivity index (χ3n) is 7.63. The number of hydrogen-bond donors (Lipinski definition) is 1. The van der Waals surface area contributed by atoms with E-state index in [1.54, 1.807) is 28.9 Å². The van der Waals surface area contributed by atoms with Crippen molar-refractivity contribution in [2.24, 2.45) is 11.7 Å². The highest BCUT2D eigenvalue weighted by molar-refractivity contribution is 7.10. The third kappa shape index (κ3) is 4.09. The van der Waals surface area contributed by atoms with Gasteiger partial charge >= 0.3 is 0 Å². The first-order valence-corrected chi connectivity index (χ1v) is 13.5. The zero-order valence-electron chi connectivity index (χ0n) is 19.3. The minimum absolute atomic E-state index is 0.326. The maximum atomic E-state index is 11.7. The minimum atomic E-state index is -0.501. The summed E-state index contributed by atoms with van der Waals surface area (Å²) in [6.07, 6.45) is 10.8. The van der Waals surface area contributed by atoms with Crippen LogP contribution in [0, 0.1) is 12.8 Å². The molecule has 0 bridgehead atoms. The number of aromatic nitrogens is 3. The van der Waals surface area contributed by atoms with Gasteiger partial charge in [0.2, 0.25) is 0 Å². The van der Waals surface area contributed by atoms with Crippen LogP contribution in [0.15, 0.2) is 29.1 Å². The van der Waals surface area contributed by atoms with Crippen LogP contribution in [0.4, 0.5) is 0 Å². The first-order valence-electron chi connectivity index (χ1n) is 11.8. The topological polar surface area (TPSA) is 77.0 Å². The van der Waals surface area contributed by atoms with Gasteiger partial charge in [-0.15, -0.1) is 22.7 Å². The Kier molecular flexibility index (Phi) is 6.24. The number of nitrogens with zero attached hydrogens (tertiary/aromatic N) is 4. The monoisotopic (exact) mass is 481 g/mol. The van der Waals surface area contributed by atoms with Crippen molar-refractivity contribution in [1.82, 2.24) is 19.7 Å². The summed E-state index contributed by atoms with van der Waals surface area (Å²) in [5.74, 6) is 0.630. The molecule has 3 fully saturated rings. The Balaban J connectivity index is 0.000000206. The van der Waals surface area contributed by atoms with Gasteiger partial charge in [-0.25, -0.2) is 4.98 Å². The van der Waals surface area contributed by atoms with Crippen LogP contribution in [-0.4, -0.2) is 44.2 Å². The summed E-state index contributed by atoms with van der Waals surface area (Å²) < 4.78 is 1.85. The standard InChI is InChI=1S/C17H18N4OS2.C8H13N/c1-3-12(17-19-6-8-24-17)9-14-11(2)15(16(18)22)20-21(14)10-13-5-4-7-23-13;1-3-8-4-6-9(8)5-2-7(1)8/h4-9H,3,10H2,1-2H3,(H2,18,22);7H,1-6H2/b12-9+;. The van der Waals surface area contributed by atoms with E-state index in [9.17, 15) is 4.79 Å². The molecule has 3 aliphatic rings. The first-order chi connectivity index (χ1) is 16.0. The largest absolute Gasteiger partial charge is 0.364 e. The summed E-state index contributed by atoms with van der Waals surface area (Å²) in [7, 11) is 0. The molecule has 2 aliphatic heterocycles. The van der Waals surface area contributed by atoms with Crippen molar-refractivity contribution in [1.29, 1.82) is 0 Å². The van der Waals surface area contributed by atoms with E-state index < -0.39 is 5.91 Å². The van der Waals surface area contributed by atoms with E-state index in [1.807, 2.05) is 28.4 Å². The number of thiophene rings is 1. The van der Waals surface area contributed by atoms with Crippen LogP contribution in [0.25, 0.3) is 11.6 Å². The van der Waals surface area contributed by atoms with E-state index in [4.69, 9.17) is 5.73 Å². The molecule has 1 aliphatic carbocycles. The van der Waals surface area contributed by atoms with Crippen molar-refractivity contribution >= 4 is 40.2 Å². The van der Waals surface area contributed by atoms with Gasteiger partial charge in [0, 0.05) is 34.1 Å². The second kappa shape index (κ2) is 9.16. The van der Waals surface area contributed by atoms with E-state index >= 15 is 0 Å². The number of primary amides is 1. The summed E-state index contributed by atoms with van der Waals surface area (Å²) >= 11 is 3.27. The average Bonchev–Trinajstić information content (AvgIpc) is 3.54. The van der Waals surface area contributed by atoms with Crippen molar-refractivity contribution in [3.05, 3.63) is 55.9 Å². The summed E-state index contributed by atoms with van der Waals surface area (Å²) in [6.45, 7) is 7.43. The third-order valence-corrected chi connectivity index (χ3v) is 9.34. The van der Waals surface area contributed by atoms with Crippen LogP contribution < -0.4 is 5.73 Å². The Hall–Kier alpha value is -2.29. The minimum Gasteiger partial charge on any atom is -0.364 e. The predicted octanol–water partition coefficient (Wildman–Crippen LogP) is 5.05. The molecule has 0 radical (unpaired) electrons. The van der Waals surface area contributed by atoms with E-state index in [1.165, 1.54) is 43.6 Å². The van der Waals surface area contributed by atoms with Gasteiger partial charge in [-0.1, -0.05) is 13.0 Å². The highest BCUT2D eigenvalue weighted by Gasteiger charge is 2.59. The van der Waals surface area contributed by atoms with Crippen LogP contribution >= 0.6 is 22.7 Å². The molecule has 5 heterocycles. The number of nitrogens with two attached hydrogens (primary N) is 1. The Morgan fingerprint density at radius 3 is 2.67 bits per heavy atom. The lowest BCUT2D eigenvalue weighted by molar-refractivity contribution is -0.0659. The fraction of sp³-hybridized carbons (Fsp3) is 0.480. The molecule has 1 amide bonds. The number of thiazole rings is 1. The van der Waals surface area contributed by atoms with Crippen LogP contribution in [0.2, 0.25) is 0 Å². The van der Waals surface area contributed by atoms with Gasteiger partial charge in [0.05, 0.1) is 12.2 Å². The zero-order chi connectivity index (χ0) is 23.0. The van der Waals surface area contributed by atoms with E-state index in [2.05, 4.69) is 34.0 Å². The molecule has 1 spiro atoms. The van der Waals surface area contributed by atoms with Crippen molar-refractivity contribution < 1.29 is 4.79 Å². The number of allylic oxidation sites excluding steroid dienone is 1. The average molecular weight is 482 g/mol. The van der Waals surface area contributed by atoms with Gasteiger partial charge in [0.1, 0.15) is 5.01 Å². The molecule has 1 saturated carbocycles. The molecule has 33 heavy (non-hydrogen) atoms. The molecule has 2 saturated heterocycles. The van der Waals surface area contributed by atoms with Crippen molar-refractivity contribution in [2.75, 3.05) is 13.1 Å². The second-order valence-corrected chi connectivity index (χ2v) is 11.1. The smallest absolute Gasteiger partial charge is 0.269 e. The summed E-state index contributed by atoms with van der Waals surface area (Å²) in [6, 6.07) is 4.06. The Labute approximate surface area is 203 Å². The van der Waals surface area contributed by atoms with Crippen LogP contribution in [0.5, 0.6) is 0 Å². The van der Waals surface area contributed by atoms with Gasteiger partial charge in [0.15, 0.2) is 5.69 Å². The Morgan fingerprint density at radius 1 is 1.27 bits per heavy atom. The van der Waals surface area contributed by atoms with Gasteiger partial charge in [-0.05, 0) is 74.6 Å². The van der Waals surface area contributed by atoms with Crippen molar-refractivity contribution in [3.8, 4) is 0 Å². The van der Waals surface area contributed by atoms with Crippen LogP contribution in [-0.2, 0) is 6.54 Å². The van der Waals surface area contributed by atoms with E-state index in [0.717, 1.165) is 39.7 Å². The fourth-order valence-corrected chi connectivity index (χ4v) is 6.97. The first kappa shape index (κ1) is 22.5. The lowest BCUT2D eigenvalue weighted by Crippen LogP contribution is -2.63. The normalized spacial score (nSPS) is 23.7. The van der Waals surface area contributed by atoms with Gasteiger partial charge < -0.3 is 5.73 Å². The number of rotatable bonds is 6. The number of carbonyl (C=O) groups excluding carboxylic acids is 1. The van der Waals surface area contributed by atoms with Gasteiger partial charge in [-0.3, -0.25) is 14.4 Å². The molecule has 6 rings (SSSR count). The molecule has 3 aromatic heterocycles. The quantitative estimate of drug-likeness (QED) is 0.534. The highest BCUT2D eigenvalue weighted by atomic mass is 32.1. The molecular weight excluding hydrogens is 450 g/mol. The predicted molar refractivity (Wildman–Crippen MR) is 135 cm³/mol. The molecule has 2 atom stereocenters. The van der Waals surface area contributed by atoms with Gasteiger partial charge in [0.25, 0.3) is 5.91 Å². The number of amides is 1. The molecule has 6 nitrogen and oxygen atoms in total. The van der Waals surface area contributed by atoms with Crippen LogP contribution in [0.3, 0.4) is 0 Å². The molecule has 3 aromatic rings. The summed E-state index contributed by atoms with van der Waals surface area (Å²) in [5.41, 5.74) is 9.45. The van der Waals surface area contributed by atoms with E-state index in [0.29, 0.717) is 12.2 Å². The maximum Gasteiger partial charge on any atom is 0.269 e. The maximum absolute atomic E-state index is 11.7. The number of hydrogen-bond acceptors (Lipinski definition) is 6. The highest BCUT2D eigenvalue weighted by Crippen LogP contribution is 2.57. The SMILES string of the molecule is C1CN2CCC23CCC13.CC/C(=C\c1c(C)c(C(N)=O)nn1Cc1cccs1)c1nccs1. The molecule has 174 valence electrons. The lowest BCUT2D eigenvalue weighted by atomic mass is 9.62. The van der Waals surface area contributed by atoms with Crippen molar-refractivity contribution in [3.63, 3.8) is 0 Å². The van der Waals surface area contributed by atoms with Crippen molar-refractivity contribution in [2.45, 2.75) is 58.0 Å². The molecule has 2 unspecified atom stereocenters. The molecule has 0 aromatic carbocycles. The summed E-state index contributed by atoms with van der Waals surface area (Å²) in [5, 5.41) is 9.42. The molecular formula is C25H31N5OS2. The fourth-order valence-electron chi connectivity index (χ4n) is 5.56. The lowest BCUT2D eigenvalue weighted by Gasteiger charge is -2.58. The van der Waals surface area contributed by atoms with Crippen LogP contribution in [0.1, 0.15) is 70.7 Å². The summed E-state index contributed by atoms with van der Waals surface area (Å²) in [4.78, 5) is 20.0. The Bertz CT molecular complexity index is 1130. The second-order valence-electron chi connectivity index (χ2n) is 9.19. The number of carbonyl (C=O) groups is 1.